The summed E-state index contributed by atoms with van der Waals surface area (Å²) >= 11 is 0. The van der Waals surface area contributed by atoms with Crippen molar-refractivity contribution in [2.75, 3.05) is 13.2 Å². The van der Waals surface area contributed by atoms with E-state index in [2.05, 4.69) is 4.98 Å². The lowest BCUT2D eigenvalue weighted by Gasteiger charge is -2.32. The number of hydrogen-bond acceptors (Lipinski definition) is 5. The van der Waals surface area contributed by atoms with Gasteiger partial charge in [0.2, 0.25) is 0 Å². The van der Waals surface area contributed by atoms with Crippen molar-refractivity contribution >= 4 is 12.7 Å². The Hall–Kier alpha value is -0.975. The lowest BCUT2D eigenvalue weighted by molar-refractivity contribution is 0.00578. The second-order valence-electron chi connectivity index (χ2n) is 6.87. The predicted octanol–water partition coefficient (Wildman–Crippen LogP) is 1.67. The zero-order valence-electron chi connectivity index (χ0n) is 13.3. The fourth-order valence-electron chi connectivity index (χ4n) is 2.64. The zero-order chi connectivity index (χ0) is 15.1. The van der Waals surface area contributed by atoms with E-state index in [1.807, 2.05) is 33.9 Å². The first-order chi connectivity index (χ1) is 9.89. The van der Waals surface area contributed by atoms with Gasteiger partial charge in [-0.3, -0.25) is 9.97 Å². The van der Waals surface area contributed by atoms with Gasteiger partial charge in [0.15, 0.2) is 0 Å². The van der Waals surface area contributed by atoms with Crippen LogP contribution in [0.25, 0.3) is 0 Å². The molecule has 2 aliphatic rings. The van der Waals surface area contributed by atoms with Gasteiger partial charge in [-0.05, 0) is 40.5 Å². The van der Waals surface area contributed by atoms with E-state index in [4.69, 9.17) is 19.0 Å². The molecule has 3 heterocycles. The fraction of sp³-hybridized carbons (Fsp3) is 0.733. The number of aromatic nitrogens is 2. The normalized spacial score (nSPS) is 27.8. The van der Waals surface area contributed by atoms with Gasteiger partial charge < -0.3 is 14.0 Å². The minimum Gasteiger partial charge on any atom is -0.398 e. The van der Waals surface area contributed by atoms with Gasteiger partial charge in [0.25, 0.3) is 0 Å². The van der Waals surface area contributed by atoms with Crippen LogP contribution in [0.15, 0.2) is 12.4 Å². The lowest BCUT2D eigenvalue weighted by atomic mass is 9.85. The van der Waals surface area contributed by atoms with Crippen LogP contribution in [-0.2, 0) is 14.0 Å². The monoisotopic (exact) mass is 290 g/mol. The SMILES string of the molecule is CC1(C)OB(c2cncc(C3CCCOC3)n2)OC1(C)C. The minimum absolute atomic E-state index is 0.327. The second-order valence-corrected chi connectivity index (χ2v) is 6.87. The van der Waals surface area contributed by atoms with Crippen molar-refractivity contribution in [3.63, 3.8) is 0 Å². The van der Waals surface area contributed by atoms with Crippen LogP contribution in [0.2, 0.25) is 0 Å². The molecule has 0 saturated carbocycles. The van der Waals surface area contributed by atoms with E-state index >= 15 is 0 Å². The molecule has 6 heteroatoms. The Morgan fingerprint density at radius 2 is 1.86 bits per heavy atom. The van der Waals surface area contributed by atoms with Crippen molar-refractivity contribution in [1.29, 1.82) is 0 Å². The molecular formula is C15H23BN2O3. The van der Waals surface area contributed by atoms with E-state index in [9.17, 15) is 0 Å². The molecule has 5 nitrogen and oxygen atoms in total. The Bertz CT molecular complexity index is 499. The van der Waals surface area contributed by atoms with Gasteiger partial charge in [0.1, 0.15) is 0 Å². The summed E-state index contributed by atoms with van der Waals surface area (Å²) in [5.41, 5.74) is 1.01. The van der Waals surface area contributed by atoms with Crippen molar-refractivity contribution in [3.8, 4) is 0 Å². The summed E-state index contributed by atoms with van der Waals surface area (Å²) in [5.74, 6) is 0.327. The van der Waals surface area contributed by atoms with E-state index in [0.717, 1.165) is 37.3 Å². The molecule has 0 spiro atoms. The zero-order valence-corrected chi connectivity index (χ0v) is 13.3. The second kappa shape index (κ2) is 5.34. The fourth-order valence-corrected chi connectivity index (χ4v) is 2.64. The summed E-state index contributed by atoms with van der Waals surface area (Å²) in [6.45, 7) is 9.74. The van der Waals surface area contributed by atoms with E-state index in [0.29, 0.717) is 5.92 Å². The summed E-state index contributed by atoms with van der Waals surface area (Å²) in [5, 5.41) is 0. The Labute approximate surface area is 126 Å². The Balaban J connectivity index is 1.81. The highest BCUT2D eigenvalue weighted by molar-refractivity contribution is 6.61. The average Bonchev–Trinajstić information content (AvgIpc) is 2.69. The Morgan fingerprint density at radius 1 is 1.14 bits per heavy atom. The Morgan fingerprint density at radius 3 is 2.48 bits per heavy atom. The lowest BCUT2D eigenvalue weighted by Crippen LogP contribution is -2.41. The first-order valence-corrected chi connectivity index (χ1v) is 7.64. The van der Waals surface area contributed by atoms with Crippen molar-refractivity contribution in [3.05, 3.63) is 18.1 Å². The molecule has 114 valence electrons. The third-order valence-electron chi connectivity index (χ3n) is 4.75. The highest BCUT2D eigenvalue weighted by atomic mass is 16.7. The standard InChI is InChI=1S/C15H23BN2O3/c1-14(2)15(3,4)21-16(20-14)13-9-17-8-12(18-13)11-6-5-7-19-10-11/h8-9,11H,5-7,10H2,1-4H3. The molecule has 2 aliphatic heterocycles. The molecule has 1 unspecified atom stereocenters. The molecule has 1 aromatic heterocycles. The number of rotatable bonds is 2. The van der Waals surface area contributed by atoms with Crippen molar-refractivity contribution in [2.24, 2.45) is 0 Å². The molecule has 0 amide bonds. The van der Waals surface area contributed by atoms with Crippen molar-refractivity contribution in [2.45, 2.75) is 57.7 Å². The molecule has 3 rings (SSSR count). The minimum atomic E-state index is -0.452. The van der Waals surface area contributed by atoms with Crippen LogP contribution in [0.3, 0.4) is 0 Å². The maximum Gasteiger partial charge on any atom is 0.516 e. The number of nitrogens with zero attached hydrogens (tertiary/aromatic N) is 2. The van der Waals surface area contributed by atoms with Gasteiger partial charge >= 0.3 is 7.12 Å². The van der Waals surface area contributed by atoms with Crippen molar-refractivity contribution in [1.82, 2.24) is 9.97 Å². The van der Waals surface area contributed by atoms with Gasteiger partial charge in [-0.2, -0.15) is 0 Å². The van der Waals surface area contributed by atoms with E-state index < -0.39 is 7.12 Å². The molecule has 1 aromatic rings. The topological polar surface area (TPSA) is 53.5 Å². The van der Waals surface area contributed by atoms with Gasteiger partial charge in [-0.1, -0.05) is 0 Å². The van der Waals surface area contributed by atoms with Gasteiger partial charge in [-0.15, -0.1) is 0 Å². The number of ether oxygens (including phenoxy) is 1. The van der Waals surface area contributed by atoms with Crippen LogP contribution in [0.4, 0.5) is 0 Å². The van der Waals surface area contributed by atoms with E-state index in [-0.39, 0.29) is 11.2 Å². The van der Waals surface area contributed by atoms with Crippen LogP contribution in [-0.4, -0.2) is 41.5 Å². The molecule has 2 saturated heterocycles. The van der Waals surface area contributed by atoms with Gasteiger partial charge in [0.05, 0.1) is 29.1 Å². The van der Waals surface area contributed by atoms with Crippen LogP contribution >= 0.6 is 0 Å². The molecule has 0 aliphatic carbocycles. The first-order valence-electron chi connectivity index (χ1n) is 7.64. The molecule has 1 atom stereocenters. The number of hydrogen-bond donors (Lipinski definition) is 0. The summed E-state index contributed by atoms with van der Waals surface area (Å²) in [7, 11) is -0.452. The Kier molecular flexibility index (Phi) is 3.80. The maximum atomic E-state index is 6.04. The molecule has 21 heavy (non-hydrogen) atoms. The molecule has 0 bridgehead atoms. The van der Waals surface area contributed by atoms with Crippen LogP contribution in [0.5, 0.6) is 0 Å². The largest absolute Gasteiger partial charge is 0.516 e. The summed E-state index contributed by atoms with van der Waals surface area (Å²) < 4.78 is 17.6. The first kappa shape index (κ1) is 14.9. The third kappa shape index (κ3) is 2.85. The molecule has 2 fully saturated rings. The quantitative estimate of drug-likeness (QED) is 0.776. The molecular weight excluding hydrogens is 267 g/mol. The smallest absolute Gasteiger partial charge is 0.398 e. The highest BCUT2D eigenvalue weighted by Gasteiger charge is 2.52. The third-order valence-corrected chi connectivity index (χ3v) is 4.75. The van der Waals surface area contributed by atoms with Crippen LogP contribution in [0.1, 0.15) is 52.1 Å². The highest BCUT2D eigenvalue weighted by Crippen LogP contribution is 2.36. The van der Waals surface area contributed by atoms with Gasteiger partial charge in [-0.25, -0.2) is 0 Å². The summed E-state index contributed by atoms with van der Waals surface area (Å²) in [6, 6.07) is 0. The predicted molar refractivity (Wildman–Crippen MR) is 80.5 cm³/mol. The van der Waals surface area contributed by atoms with Crippen LogP contribution < -0.4 is 5.59 Å². The molecule has 0 aromatic carbocycles. The molecule has 0 radical (unpaired) electrons. The van der Waals surface area contributed by atoms with E-state index in [1.165, 1.54) is 0 Å². The van der Waals surface area contributed by atoms with Crippen molar-refractivity contribution < 1.29 is 14.0 Å². The average molecular weight is 290 g/mol. The summed E-state index contributed by atoms with van der Waals surface area (Å²) in [6.07, 6.45) is 5.73. The van der Waals surface area contributed by atoms with E-state index in [1.54, 1.807) is 6.20 Å². The van der Waals surface area contributed by atoms with Gasteiger partial charge in [0, 0.05) is 24.9 Å². The summed E-state index contributed by atoms with van der Waals surface area (Å²) in [4.78, 5) is 9.04. The molecule has 0 N–H and O–H groups in total. The van der Waals surface area contributed by atoms with Crippen LogP contribution in [0, 0.1) is 0 Å². The maximum absolute atomic E-state index is 6.04.